The van der Waals surface area contributed by atoms with Crippen LogP contribution in [-0.4, -0.2) is 32.5 Å². The molecule has 8 nitrogen and oxygen atoms in total. The number of halogens is 3. The van der Waals surface area contributed by atoms with Gasteiger partial charge in [-0.1, -0.05) is 6.07 Å². The maximum absolute atomic E-state index is 13.2. The minimum Gasteiger partial charge on any atom is -0.320 e. The summed E-state index contributed by atoms with van der Waals surface area (Å²) in [5.74, 6) is -1.48. The summed E-state index contributed by atoms with van der Waals surface area (Å²) in [6.07, 6.45) is -1.96. The van der Waals surface area contributed by atoms with Crippen molar-refractivity contribution in [3.63, 3.8) is 0 Å². The summed E-state index contributed by atoms with van der Waals surface area (Å²) in [7, 11) is 0. The molecule has 1 aliphatic rings. The van der Waals surface area contributed by atoms with E-state index in [2.05, 4.69) is 15.4 Å². The Bertz CT molecular complexity index is 1160. The summed E-state index contributed by atoms with van der Waals surface area (Å²) in [5, 5.41) is 6.35. The van der Waals surface area contributed by atoms with Crippen molar-refractivity contribution in [2.24, 2.45) is 0 Å². The second kappa shape index (κ2) is 7.67. The van der Waals surface area contributed by atoms with E-state index in [0.29, 0.717) is 0 Å². The van der Waals surface area contributed by atoms with Crippen molar-refractivity contribution in [1.29, 1.82) is 0 Å². The first-order valence-corrected chi connectivity index (χ1v) is 9.07. The number of rotatable bonds is 4. The summed E-state index contributed by atoms with van der Waals surface area (Å²) in [4.78, 5) is 41.4. The number of alkyl halides is 3. The second-order valence-electron chi connectivity index (χ2n) is 6.70. The van der Waals surface area contributed by atoms with E-state index in [1.54, 1.807) is 0 Å². The number of benzene rings is 2. The minimum atomic E-state index is -4.61. The van der Waals surface area contributed by atoms with Crippen LogP contribution in [0.4, 0.5) is 24.5 Å². The second-order valence-corrected chi connectivity index (χ2v) is 6.70. The molecule has 11 heteroatoms. The Morgan fingerprint density at radius 2 is 1.77 bits per heavy atom. The maximum atomic E-state index is 13.2. The molecule has 2 heterocycles. The molecule has 1 aliphatic heterocycles. The van der Waals surface area contributed by atoms with Gasteiger partial charge in [0.1, 0.15) is 12.7 Å². The highest BCUT2D eigenvalue weighted by Gasteiger charge is 2.32. The van der Waals surface area contributed by atoms with Crippen LogP contribution in [-0.2, 0) is 15.8 Å². The standard InChI is InChI=1S/C20H14F3N5O3/c21-20(22,23)13-4-5-16(27-11-24-10-25-27)15(9-13)26-19(31)12-2-1-3-14(8-12)28-17(29)6-7-18(28)30/h1-5,8-11H,6-7H2,(H,26,31). The van der Waals surface area contributed by atoms with E-state index in [9.17, 15) is 27.6 Å². The Balaban J connectivity index is 1.68. The van der Waals surface area contributed by atoms with Gasteiger partial charge in [-0.2, -0.15) is 18.3 Å². The number of anilines is 2. The van der Waals surface area contributed by atoms with Crippen molar-refractivity contribution in [2.75, 3.05) is 10.2 Å². The molecule has 3 aromatic rings. The van der Waals surface area contributed by atoms with Crippen LogP contribution in [0.2, 0.25) is 0 Å². The van der Waals surface area contributed by atoms with Crippen LogP contribution in [0.25, 0.3) is 5.69 Å². The van der Waals surface area contributed by atoms with Crippen molar-refractivity contribution in [3.05, 3.63) is 66.2 Å². The lowest BCUT2D eigenvalue weighted by Crippen LogP contribution is -2.28. The zero-order valence-electron chi connectivity index (χ0n) is 15.8. The molecule has 0 unspecified atom stereocenters. The van der Waals surface area contributed by atoms with Crippen LogP contribution < -0.4 is 10.2 Å². The fourth-order valence-electron chi connectivity index (χ4n) is 3.19. The fraction of sp³-hybridized carbons (Fsp3) is 0.150. The van der Waals surface area contributed by atoms with Crippen LogP contribution in [0.3, 0.4) is 0 Å². The Hall–Kier alpha value is -4.02. The monoisotopic (exact) mass is 429 g/mol. The molecule has 1 saturated heterocycles. The summed E-state index contributed by atoms with van der Waals surface area (Å²) < 4.78 is 40.8. The molecule has 0 atom stereocenters. The third-order valence-corrected chi connectivity index (χ3v) is 4.66. The Kier molecular flexibility index (Phi) is 5.01. The van der Waals surface area contributed by atoms with Gasteiger partial charge in [0.25, 0.3) is 5.91 Å². The van der Waals surface area contributed by atoms with Gasteiger partial charge in [-0.3, -0.25) is 19.3 Å². The molecule has 158 valence electrons. The van der Waals surface area contributed by atoms with Crippen molar-refractivity contribution in [2.45, 2.75) is 19.0 Å². The maximum Gasteiger partial charge on any atom is 0.416 e. The number of hydrogen-bond acceptors (Lipinski definition) is 5. The van der Waals surface area contributed by atoms with E-state index in [1.807, 2.05) is 0 Å². The molecule has 3 amide bonds. The molecule has 31 heavy (non-hydrogen) atoms. The van der Waals surface area contributed by atoms with Gasteiger partial charge >= 0.3 is 6.18 Å². The normalized spacial score (nSPS) is 14.2. The molecule has 0 radical (unpaired) electrons. The fourth-order valence-corrected chi connectivity index (χ4v) is 3.19. The predicted octanol–water partition coefficient (Wildman–Crippen LogP) is 3.19. The van der Waals surface area contributed by atoms with Crippen molar-refractivity contribution < 1.29 is 27.6 Å². The first-order chi connectivity index (χ1) is 14.7. The van der Waals surface area contributed by atoms with Gasteiger partial charge in [-0.25, -0.2) is 9.67 Å². The van der Waals surface area contributed by atoms with Crippen molar-refractivity contribution >= 4 is 29.1 Å². The van der Waals surface area contributed by atoms with Gasteiger partial charge in [-0.05, 0) is 36.4 Å². The number of aromatic nitrogens is 3. The summed E-state index contributed by atoms with van der Waals surface area (Å²) in [6, 6.07) is 8.58. The third-order valence-electron chi connectivity index (χ3n) is 4.66. The van der Waals surface area contributed by atoms with Crippen LogP contribution in [0, 0.1) is 0 Å². The van der Waals surface area contributed by atoms with Crippen LogP contribution >= 0.6 is 0 Å². The van der Waals surface area contributed by atoms with Crippen LogP contribution in [0.5, 0.6) is 0 Å². The molecule has 1 aromatic heterocycles. The van der Waals surface area contributed by atoms with Crippen LogP contribution in [0.1, 0.15) is 28.8 Å². The molecule has 0 saturated carbocycles. The highest BCUT2D eigenvalue weighted by atomic mass is 19.4. The van der Waals surface area contributed by atoms with E-state index >= 15 is 0 Å². The highest BCUT2D eigenvalue weighted by molar-refractivity contribution is 6.20. The van der Waals surface area contributed by atoms with Gasteiger partial charge in [0.2, 0.25) is 11.8 Å². The van der Waals surface area contributed by atoms with Gasteiger partial charge in [0.15, 0.2) is 0 Å². The zero-order chi connectivity index (χ0) is 22.2. The Labute approximate surface area is 173 Å². The summed E-state index contributed by atoms with van der Waals surface area (Å²) in [6.45, 7) is 0. The average molecular weight is 429 g/mol. The number of carbonyl (C=O) groups excluding carboxylic acids is 3. The number of nitrogens with zero attached hydrogens (tertiary/aromatic N) is 4. The summed E-state index contributed by atoms with van der Waals surface area (Å²) >= 11 is 0. The molecule has 1 fully saturated rings. The largest absolute Gasteiger partial charge is 0.416 e. The number of nitrogens with one attached hydrogen (secondary N) is 1. The lowest BCUT2D eigenvalue weighted by molar-refractivity contribution is -0.137. The number of amides is 3. The van der Waals surface area contributed by atoms with Crippen molar-refractivity contribution in [1.82, 2.24) is 14.8 Å². The molecular weight excluding hydrogens is 415 g/mol. The van der Waals surface area contributed by atoms with Gasteiger partial charge in [0.05, 0.1) is 22.6 Å². The van der Waals surface area contributed by atoms with E-state index in [1.165, 1.54) is 47.7 Å². The Morgan fingerprint density at radius 1 is 1.03 bits per heavy atom. The van der Waals surface area contributed by atoms with Gasteiger partial charge < -0.3 is 5.32 Å². The van der Waals surface area contributed by atoms with Gasteiger partial charge in [0, 0.05) is 18.4 Å². The first-order valence-electron chi connectivity index (χ1n) is 9.07. The topological polar surface area (TPSA) is 97.2 Å². The third kappa shape index (κ3) is 4.02. The van der Waals surface area contributed by atoms with Gasteiger partial charge in [-0.15, -0.1) is 0 Å². The molecule has 0 aliphatic carbocycles. The van der Waals surface area contributed by atoms with Crippen molar-refractivity contribution in [3.8, 4) is 5.69 Å². The quantitative estimate of drug-likeness (QED) is 0.643. The van der Waals surface area contributed by atoms with E-state index < -0.39 is 17.6 Å². The van der Waals surface area contributed by atoms with Crippen LogP contribution in [0.15, 0.2) is 55.1 Å². The molecule has 2 aromatic carbocycles. The smallest absolute Gasteiger partial charge is 0.320 e. The summed E-state index contributed by atoms with van der Waals surface area (Å²) in [5.41, 5.74) is -0.620. The number of imide groups is 1. The van der Waals surface area contributed by atoms with E-state index in [-0.39, 0.29) is 47.3 Å². The molecule has 0 spiro atoms. The lowest BCUT2D eigenvalue weighted by Gasteiger charge is -2.16. The highest BCUT2D eigenvalue weighted by Crippen LogP contribution is 2.33. The lowest BCUT2D eigenvalue weighted by atomic mass is 10.1. The SMILES string of the molecule is O=C(Nc1cc(C(F)(F)F)ccc1-n1cncn1)c1cccc(N2C(=O)CCC2=O)c1. The number of carbonyl (C=O) groups is 3. The Morgan fingerprint density at radius 3 is 2.42 bits per heavy atom. The predicted molar refractivity (Wildman–Crippen MR) is 102 cm³/mol. The van der Waals surface area contributed by atoms with E-state index in [0.717, 1.165) is 17.0 Å². The minimum absolute atomic E-state index is 0.0620. The molecule has 1 N–H and O–H groups in total. The first kappa shape index (κ1) is 20.3. The molecular formula is C20H14F3N5O3. The zero-order valence-corrected chi connectivity index (χ0v) is 15.8. The number of hydrogen-bond donors (Lipinski definition) is 1. The molecule has 4 rings (SSSR count). The average Bonchev–Trinajstić information content (AvgIpc) is 3.37. The molecule has 0 bridgehead atoms. The van der Waals surface area contributed by atoms with E-state index in [4.69, 9.17) is 0 Å².